The summed E-state index contributed by atoms with van der Waals surface area (Å²) in [6, 6.07) is 7.25. The fourth-order valence-electron chi connectivity index (χ4n) is 3.07. The van der Waals surface area contributed by atoms with Crippen LogP contribution in [-0.4, -0.2) is 37.1 Å². The molecule has 0 bridgehead atoms. The third kappa shape index (κ3) is 2.35. The summed E-state index contributed by atoms with van der Waals surface area (Å²) in [7, 11) is 0. The number of hydrogen-bond acceptors (Lipinski definition) is 3. The van der Waals surface area contributed by atoms with Crippen LogP contribution in [0.5, 0.6) is 0 Å². The molecular weight excluding hydrogens is 246 g/mol. The number of piperazine rings is 1. The van der Waals surface area contributed by atoms with Crippen LogP contribution in [0.25, 0.3) is 0 Å². The van der Waals surface area contributed by atoms with Gasteiger partial charge in [0.25, 0.3) is 0 Å². The van der Waals surface area contributed by atoms with Gasteiger partial charge in [-0.2, -0.15) is 0 Å². The van der Waals surface area contributed by atoms with E-state index in [1.807, 2.05) is 6.07 Å². The molecule has 2 unspecified atom stereocenters. The lowest BCUT2D eigenvalue weighted by Crippen LogP contribution is -2.47. The van der Waals surface area contributed by atoms with E-state index in [4.69, 9.17) is 11.6 Å². The van der Waals surface area contributed by atoms with Crippen LogP contribution < -0.4 is 10.6 Å². The molecular formula is C14H20ClN3. The van der Waals surface area contributed by atoms with Crippen molar-refractivity contribution >= 4 is 17.3 Å². The number of nitrogens with zero attached hydrogens (tertiary/aromatic N) is 1. The van der Waals surface area contributed by atoms with E-state index in [-0.39, 0.29) is 0 Å². The van der Waals surface area contributed by atoms with Gasteiger partial charge in [-0.05, 0) is 37.1 Å². The van der Waals surface area contributed by atoms with Gasteiger partial charge < -0.3 is 10.6 Å². The van der Waals surface area contributed by atoms with Crippen molar-refractivity contribution in [1.82, 2.24) is 10.2 Å². The fourth-order valence-corrected chi connectivity index (χ4v) is 3.25. The van der Waals surface area contributed by atoms with Crippen molar-refractivity contribution in [3.8, 4) is 0 Å². The SMILES string of the molecule is CC1CC(N2CCNCC2)c2cc(Cl)ccc2N1. The van der Waals surface area contributed by atoms with Gasteiger partial charge in [-0.3, -0.25) is 4.90 Å². The summed E-state index contributed by atoms with van der Waals surface area (Å²) >= 11 is 6.16. The van der Waals surface area contributed by atoms with Gasteiger partial charge >= 0.3 is 0 Å². The van der Waals surface area contributed by atoms with Gasteiger partial charge in [0.05, 0.1) is 0 Å². The smallest absolute Gasteiger partial charge is 0.0410 e. The second-order valence-corrected chi connectivity index (χ2v) is 5.75. The third-order valence-electron chi connectivity index (χ3n) is 3.94. The van der Waals surface area contributed by atoms with Gasteiger partial charge in [0.1, 0.15) is 0 Å². The van der Waals surface area contributed by atoms with Gasteiger partial charge in [-0.15, -0.1) is 0 Å². The summed E-state index contributed by atoms with van der Waals surface area (Å²) in [6.45, 7) is 6.70. The zero-order chi connectivity index (χ0) is 12.5. The molecule has 1 fully saturated rings. The fraction of sp³-hybridized carbons (Fsp3) is 0.571. The molecule has 0 radical (unpaired) electrons. The van der Waals surface area contributed by atoms with Crippen LogP contribution in [-0.2, 0) is 0 Å². The summed E-state index contributed by atoms with van der Waals surface area (Å²) in [5, 5.41) is 7.81. The van der Waals surface area contributed by atoms with Gasteiger partial charge in [-0.1, -0.05) is 11.6 Å². The second-order valence-electron chi connectivity index (χ2n) is 5.31. The number of halogens is 1. The Morgan fingerprint density at radius 3 is 2.83 bits per heavy atom. The van der Waals surface area contributed by atoms with Crippen molar-refractivity contribution in [3.05, 3.63) is 28.8 Å². The highest BCUT2D eigenvalue weighted by Gasteiger charge is 2.29. The molecule has 4 heteroatoms. The molecule has 1 aromatic rings. The van der Waals surface area contributed by atoms with Crippen molar-refractivity contribution < 1.29 is 0 Å². The van der Waals surface area contributed by atoms with Crippen molar-refractivity contribution in [2.75, 3.05) is 31.5 Å². The zero-order valence-electron chi connectivity index (χ0n) is 10.7. The van der Waals surface area contributed by atoms with E-state index in [1.165, 1.54) is 11.3 Å². The first-order chi connectivity index (χ1) is 8.74. The Morgan fingerprint density at radius 1 is 1.28 bits per heavy atom. The number of rotatable bonds is 1. The van der Waals surface area contributed by atoms with Crippen LogP contribution in [0.1, 0.15) is 24.9 Å². The molecule has 2 N–H and O–H groups in total. The number of hydrogen-bond donors (Lipinski definition) is 2. The first-order valence-corrected chi connectivity index (χ1v) is 7.12. The van der Waals surface area contributed by atoms with Crippen LogP contribution >= 0.6 is 11.6 Å². The van der Waals surface area contributed by atoms with E-state index in [2.05, 4.69) is 34.6 Å². The lowest BCUT2D eigenvalue weighted by atomic mass is 9.92. The first kappa shape index (κ1) is 12.3. The normalized spacial score (nSPS) is 28.6. The summed E-state index contributed by atoms with van der Waals surface area (Å²) < 4.78 is 0. The minimum Gasteiger partial charge on any atom is -0.382 e. The maximum atomic E-state index is 6.16. The summed E-state index contributed by atoms with van der Waals surface area (Å²) in [4.78, 5) is 2.59. The Kier molecular flexibility index (Phi) is 3.46. The van der Waals surface area contributed by atoms with Crippen LogP contribution in [0.4, 0.5) is 5.69 Å². The minimum absolute atomic E-state index is 0.511. The summed E-state index contributed by atoms with van der Waals surface area (Å²) in [6.07, 6.45) is 1.16. The molecule has 3 rings (SSSR count). The van der Waals surface area contributed by atoms with E-state index < -0.39 is 0 Å². The molecule has 0 spiro atoms. The molecule has 0 saturated carbocycles. The zero-order valence-corrected chi connectivity index (χ0v) is 11.5. The average Bonchev–Trinajstić information content (AvgIpc) is 2.39. The number of anilines is 1. The highest BCUT2D eigenvalue weighted by Crippen LogP contribution is 2.38. The molecule has 0 amide bonds. The lowest BCUT2D eigenvalue weighted by Gasteiger charge is -2.40. The van der Waals surface area contributed by atoms with Crippen LogP contribution in [0.15, 0.2) is 18.2 Å². The first-order valence-electron chi connectivity index (χ1n) is 6.75. The van der Waals surface area contributed by atoms with Crippen molar-refractivity contribution in [3.63, 3.8) is 0 Å². The standard InChI is InChI=1S/C14H20ClN3/c1-10-8-14(18-6-4-16-5-7-18)12-9-11(15)2-3-13(12)17-10/h2-3,9-10,14,16-17H,4-8H2,1H3. The topological polar surface area (TPSA) is 27.3 Å². The number of fused-ring (bicyclic) bond motifs is 1. The predicted molar refractivity (Wildman–Crippen MR) is 76.3 cm³/mol. The summed E-state index contributed by atoms with van der Waals surface area (Å²) in [5.74, 6) is 0. The van der Waals surface area contributed by atoms with E-state index in [1.54, 1.807) is 0 Å². The molecule has 1 aromatic carbocycles. The molecule has 18 heavy (non-hydrogen) atoms. The van der Waals surface area contributed by atoms with Gasteiger partial charge in [0, 0.05) is 49.0 Å². The van der Waals surface area contributed by atoms with Crippen molar-refractivity contribution in [2.45, 2.75) is 25.4 Å². The monoisotopic (exact) mass is 265 g/mol. The molecule has 98 valence electrons. The highest BCUT2D eigenvalue weighted by atomic mass is 35.5. The quantitative estimate of drug-likeness (QED) is 0.817. The molecule has 1 saturated heterocycles. The molecule has 2 aliphatic heterocycles. The molecule has 3 nitrogen and oxygen atoms in total. The van der Waals surface area contributed by atoms with E-state index >= 15 is 0 Å². The Labute approximate surface area is 114 Å². The predicted octanol–water partition coefficient (Wildman–Crippen LogP) is 2.49. The highest BCUT2D eigenvalue weighted by molar-refractivity contribution is 6.30. The molecule has 0 aromatic heterocycles. The van der Waals surface area contributed by atoms with E-state index in [9.17, 15) is 0 Å². The average molecular weight is 266 g/mol. The maximum Gasteiger partial charge on any atom is 0.0410 e. The minimum atomic E-state index is 0.511. The van der Waals surface area contributed by atoms with Gasteiger partial charge in [0.2, 0.25) is 0 Å². The Bertz CT molecular complexity index is 429. The Balaban J connectivity index is 1.92. The molecule has 2 aliphatic rings. The summed E-state index contributed by atoms with van der Waals surface area (Å²) in [5.41, 5.74) is 2.61. The van der Waals surface area contributed by atoms with E-state index in [0.717, 1.165) is 37.6 Å². The Hall–Kier alpha value is -0.770. The largest absolute Gasteiger partial charge is 0.382 e. The second kappa shape index (κ2) is 5.08. The van der Waals surface area contributed by atoms with Crippen LogP contribution in [0.3, 0.4) is 0 Å². The maximum absolute atomic E-state index is 6.16. The van der Waals surface area contributed by atoms with Crippen LogP contribution in [0.2, 0.25) is 5.02 Å². The molecule has 2 heterocycles. The number of nitrogens with one attached hydrogen (secondary N) is 2. The van der Waals surface area contributed by atoms with Crippen LogP contribution in [0, 0.1) is 0 Å². The third-order valence-corrected chi connectivity index (χ3v) is 4.18. The van der Waals surface area contributed by atoms with E-state index in [0.29, 0.717) is 12.1 Å². The van der Waals surface area contributed by atoms with Crippen molar-refractivity contribution in [2.24, 2.45) is 0 Å². The Morgan fingerprint density at radius 2 is 2.06 bits per heavy atom. The molecule has 0 aliphatic carbocycles. The number of benzene rings is 1. The van der Waals surface area contributed by atoms with Crippen molar-refractivity contribution in [1.29, 1.82) is 0 Å². The van der Waals surface area contributed by atoms with Gasteiger partial charge in [-0.25, -0.2) is 0 Å². The lowest BCUT2D eigenvalue weighted by molar-refractivity contribution is 0.159. The van der Waals surface area contributed by atoms with Gasteiger partial charge in [0.15, 0.2) is 0 Å². The molecule has 2 atom stereocenters.